The molecule has 1 aliphatic rings. The first-order valence-electron chi connectivity index (χ1n) is 6.87. The lowest BCUT2D eigenvalue weighted by Gasteiger charge is -2.32. The van der Waals surface area contributed by atoms with Gasteiger partial charge in [-0.25, -0.2) is 4.98 Å². The minimum Gasteiger partial charge on any atom is -0.323 e. The number of thiazole rings is 1. The zero-order valence-electron chi connectivity index (χ0n) is 12.0. The Morgan fingerprint density at radius 3 is 2.85 bits per heavy atom. The Hall–Kier alpha value is -0.900. The molecular formula is C16H19ClN2S. The standard InChI is InChI=1S/C16H19ClN2S/c1-9-6-10(17)4-5-11(9)15-19-13-8-16(2,3)7-12(18)14(13)20-15/h4-6,12H,7-8,18H2,1-3H3. The molecule has 0 amide bonds. The van der Waals surface area contributed by atoms with E-state index in [1.165, 1.54) is 16.1 Å². The van der Waals surface area contributed by atoms with Gasteiger partial charge in [-0.15, -0.1) is 11.3 Å². The summed E-state index contributed by atoms with van der Waals surface area (Å²) in [5.41, 5.74) is 10.1. The fourth-order valence-electron chi connectivity index (χ4n) is 2.98. The Bertz CT molecular complexity index is 660. The van der Waals surface area contributed by atoms with Crippen LogP contribution in [0.5, 0.6) is 0 Å². The minimum absolute atomic E-state index is 0.118. The van der Waals surface area contributed by atoms with Gasteiger partial charge in [-0.1, -0.05) is 31.5 Å². The van der Waals surface area contributed by atoms with E-state index in [1.807, 2.05) is 12.1 Å². The number of hydrogen-bond donors (Lipinski definition) is 1. The van der Waals surface area contributed by atoms with Crippen molar-refractivity contribution in [2.45, 2.75) is 39.7 Å². The molecule has 106 valence electrons. The van der Waals surface area contributed by atoms with E-state index in [4.69, 9.17) is 22.3 Å². The second kappa shape index (κ2) is 4.83. The first kappa shape index (κ1) is 14.1. The zero-order chi connectivity index (χ0) is 14.5. The molecule has 3 rings (SSSR count). The SMILES string of the molecule is Cc1cc(Cl)ccc1-c1nc2c(s1)C(N)CC(C)(C)C2. The van der Waals surface area contributed by atoms with Gasteiger partial charge >= 0.3 is 0 Å². The van der Waals surface area contributed by atoms with Crippen molar-refractivity contribution >= 4 is 22.9 Å². The van der Waals surface area contributed by atoms with Crippen LogP contribution in [-0.2, 0) is 6.42 Å². The van der Waals surface area contributed by atoms with Gasteiger partial charge in [0.2, 0.25) is 0 Å². The van der Waals surface area contributed by atoms with Crippen molar-refractivity contribution in [3.05, 3.63) is 39.4 Å². The van der Waals surface area contributed by atoms with Crippen molar-refractivity contribution in [1.82, 2.24) is 4.98 Å². The van der Waals surface area contributed by atoms with E-state index < -0.39 is 0 Å². The number of fused-ring (bicyclic) bond motifs is 1. The maximum Gasteiger partial charge on any atom is 0.124 e. The molecule has 0 saturated heterocycles. The van der Waals surface area contributed by atoms with Gasteiger partial charge in [0.25, 0.3) is 0 Å². The maximum absolute atomic E-state index is 6.32. The number of nitrogens with zero attached hydrogens (tertiary/aromatic N) is 1. The van der Waals surface area contributed by atoms with Gasteiger partial charge in [0, 0.05) is 21.5 Å². The average molecular weight is 307 g/mol. The van der Waals surface area contributed by atoms with Crippen LogP contribution in [0.1, 0.15) is 42.4 Å². The molecule has 2 nitrogen and oxygen atoms in total. The second-order valence-corrected chi connectivity index (χ2v) is 7.91. The fraction of sp³-hybridized carbons (Fsp3) is 0.438. The lowest BCUT2D eigenvalue weighted by molar-refractivity contribution is 0.282. The summed E-state index contributed by atoms with van der Waals surface area (Å²) < 4.78 is 0. The van der Waals surface area contributed by atoms with Crippen LogP contribution in [-0.4, -0.2) is 4.98 Å². The Morgan fingerprint density at radius 1 is 1.40 bits per heavy atom. The topological polar surface area (TPSA) is 38.9 Å². The molecule has 1 aliphatic carbocycles. The largest absolute Gasteiger partial charge is 0.323 e. The van der Waals surface area contributed by atoms with Crippen molar-refractivity contribution in [2.75, 3.05) is 0 Å². The second-order valence-electron chi connectivity index (χ2n) is 6.44. The first-order valence-corrected chi connectivity index (χ1v) is 8.07. The number of aryl methyl sites for hydroxylation is 1. The zero-order valence-corrected chi connectivity index (χ0v) is 13.6. The molecule has 0 aliphatic heterocycles. The molecule has 0 fully saturated rings. The van der Waals surface area contributed by atoms with E-state index in [0.717, 1.165) is 28.4 Å². The molecular weight excluding hydrogens is 288 g/mol. The summed E-state index contributed by atoms with van der Waals surface area (Å²) in [6.07, 6.45) is 2.04. The minimum atomic E-state index is 0.118. The molecule has 0 radical (unpaired) electrons. The highest BCUT2D eigenvalue weighted by Crippen LogP contribution is 2.44. The Balaban J connectivity index is 2.06. The van der Waals surface area contributed by atoms with E-state index in [0.29, 0.717) is 0 Å². The van der Waals surface area contributed by atoms with Gasteiger partial charge in [-0.2, -0.15) is 0 Å². The van der Waals surface area contributed by atoms with Gasteiger partial charge in [-0.05, 0) is 42.9 Å². The average Bonchev–Trinajstić information content (AvgIpc) is 2.70. The van der Waals surface area contributed by atoms with E-state index in [9.17, 15) is 0 Å². The summed E-state index contributed by atoms with van der Waals surface area (Å²) >= 11 is 7.77. The van der Waals surface area contributed by atoms with Crippen molar-refractivity contribution < 1.29 is 0 Å². The summed E-state index contributed by atoms with van der Waals surface area (Å²) in [4.78, 5) is 6.11. The number of rotatable bonds is 1. The third kappa shape index (κ3) is 2.50. The quantitative estimate of drug-likeness (QED) is 0.826. The molecule has 2 aromatic rings. The highest BCUT2D eigenvalue weighted by Gasteiger charge is 2.33. The number of benzene rings is 1. The van der Waals surface area contributed by atoms with Gasteiger partial charge in [0.1, 0.15) is 5.01 Å². The Kier molecular flexibility index (Phi) is 3.39. The van der Waals surface area contributed by atoms with Crippen LogP contribution in [0.3, 0.4) is 0 Å². The van der Waals surface area contributed by atoms with Crippen LogP contribution in [0, 0.1) is 12.3 Å². The molecule has 2 N–H and O–H groups in total. The fourth-order valence-corrected chi connectivity index (χ4v) is 4.38. The summed E-state index contributed by atoms with van der Waals surface area (Å²) in [7, 11) is 0. The lowest BCUT2D eigenvalue weighted by Crippen LogP contribution is -2.28. The number of aromatic nitrogens is 1. The van der Waals surface area contributed by atoms with Gasteiger partial charge in [0.05, 0.1) is 5.69 Å². The van der Waals surface area contributed by atoms with Crippen molar-refractivity contribution in [1.29, 1.82) is 0 Å². The molecule has 0 spiro atoms. The molecule has 1 aromatic heterocycles. The maximum atomic E-state index is 6.32. The number of hydrogen-bond acceptors (Lipinski definition) is 3. The normalized spacial score (nSPS) is 20.8. The Labute approximate surface area is 129 Å². The summed E-state index contributed by atoms with van der Waals surface area (Å²) in [6.45, 7) is 6.61. The predicted octanol–water partition coefficient (Wildman–Crippen LogP) is 4.74. The molecule has 1 heterocycles. The van der Waals surface area contributed by atoms with Crippen LogP contribution in [0.2, 0.25) is 5.02 Å². The summed E-state index contributed by atoms with van der Waals surface area (Å²) in [5.74, 6) is 0. The monoisotopic (exact) mass is 306 g/mol. The van der Waals surface area contributed by atoms with Crippen molar-refractivity contribution in [3.63, 3.8) is 0 Å². The number of halogens is 1. The summed E-state index contributed by atoms with van der Waals surface area (Å²) in [5, 5.41) is 1.84. The Morgan fingerprint density at radius 2 is 2.15 bits per heavy atom. The third-order valence-corrected chi connectivity index (χ3v) is 5.40. The van der Waals surface area contributed by atoms with E-state index in [1.54, 1.807) is 11.3 Å². The van der Waals surface area contributed by atoms with Gasteiger partial charge in [0.15, 0.2) is 0 Å². The third-order valence-electron chi connectivity index (χ3n) is 3.90. The number of nitrogens with two attached hydrogens (primary N) is 1. The molecule has 4 heteroatoms. The van der Waals surface area contributed by atoms with E-state index >= 15 is 0 Å². The summed E-state index contributed by atoms with van der Waals surface area (Å²) in [6, 6.07) is 6.08. The lowest BCUT2D eigenvalue weighted by atomic mass is 9.77. The molecule has 1 aromatic carbocycles. The van der Waals surface area contributed by atoms with Gasteiger partial charge < -0.3 is 5.73 Å². The highest BCUT2D eigenvalue weighted by atomic mass is 35.5. The molecule has 0 saturated carbocycles. The van der Waals surface area contributed by atoms with Crippen LogP contribution < -0.4 is 5.73 Å². The molecule has 1 unspecified atom stereocenters. The van der Waals surface area contributed by atoms with Crippen LogP contribution in [0.15, 0.2) is 18.2 Å². The first-order chi connectivity index (χ1) is 9.35. The van der Waals surface area contributed by atoms with Crippen LogP contribution in [0.4, 0.5) is 0 Å². The molecule has 20 heavy (non-hydrogen) atoms. The smallest absolute Gasteiger partial charge is 0.124 e. The van der Waals surface area contributed by atoms with Crippen LogP contribution >= 0.6 is 22.9 Å². The highest BCUT2D eigenvalue weighted by molar-refractivity contribution is 7.15. The van der Waals surface area contributed by atoms with Crippen molar-refractivity contribution in [3.8, 4) is 10.6 Å². The molecule has 1 atom stereocenters. The van der Waals surface area contributed by atoms with Crippen LogP contribution in [0.25, 0.3) is 10.6 Å². The van der Waals surface area contributed by atoms with Gasteiger partial charge in [-0.3, -0.25) is 0 Å². The molecule has 0 bridgehead atoms. The van der Waals surface area contributed by atoms with E-state index in [-0.39, 0.29) is 11.5 Å². The van der Waals surface area contributed by atoms with E-state index in [2.05, 4.69) is 26.8 Å². The van der Waals surface area contributed by atoms with Crippen molar-refractivity contribution in [2.24, 2.45) is 11.1 Å². The predicted molar refractivity (Wildman–Crippen MR) is 86.3 cm³/mol.